The molecule has 0 aromatic carbocycles. The first-order chi connectivity index (χ1) is 18.0. The van der Waals surface area contributed by atoms with E-state index in [9.17, 15) is 0 Å². The van der Waals surface area contributed by atoms with Gasteiger partial charge in [0, 0.05) is 13.7 Å². The van der Waals surface area contributed by atoms with Crippen molar-refractivity contribution >= 4 is 0 Å². The summed E-state index contributed by atoms with van der Waals surface area (Å²) in [6.45, 7) is 5.69. The van der Waals surface area contributed by atoms with Crippen molar-refractivity contribution in [1.29, 1.82) is 0 Å². The lowest BCUT2D eigenvalue weighted by atomic mass is 9.35. The number of fused-ring (bicyclic) bond motifs is 9. The fraction of sp³-hybridized carbons (Fsp3) is 1.00. The van der Waals surface area contributed by atoms with E-state index in [1.165, 1.54) is 116 Å². The summed E-state index contributed by atoms with van der Waals surface area (Å²) >= 11 is 0. The Bertz CT molecular complexity index is 718. The number of hydrogen-bond donors (Lipinski definition) is 0. The van der Waals surface area contributed by atoms with E-state index in [1.54, 1.807) is 0 Å². The van der Waals surface area contributed by atoms with E-state index in [2.05, 4.69) is 0 Å². The summed E-state index contributed by atoms with van der Waals surface area (Å²) in [6.07, 6.45) is 25.4. The van der Waals surface area contributed by atoms with Gasteiger partial charge in [-0.05, 0) is 144 Å². The molecule has 0 heterocycles. The summed E-state index contributed by atoms with van der Waals surface area (Å²) in [4.78, 5) is 0. The average Bonchev–Trinajstić information content (AvgIpc) is 2.99. The molecule has 0 amide bonds. The minimum Gasteiger partial charge on any atom is -0.379 e. The molecule has 6 bridgehead atoms. The Morgan fingerprint density at radius 1 is 0.432 bits per heavy atom. The molecule has 37 heavy (non-hydrogen) atoms. The van der Waals surface area contributed by atoms with Crippen molar-refractivity contribution in [1.82, 2.24) is 0 Å². The van der Waals surface area contributed by atoms with Gasteiger partial charge in [-0.15, -0.1) is 0 Å². The van der Waals surface area contributed by atoms with E-state index in [0.29, 0.717) is 54.9 Å². The van der Waals surface area contributed by atoms with E-state index >= 15 is 0 Å². The summed E-state index contributed by atoms with van der Waals surface area (Å²) in [5, 5.41) is 0. The van der Waals surface area contributed by atoms with Crippen molar-refractivity contribution in [3.05, 3.63) is 0 Å². The molecule has 0 aliphatic heterocycles. The molecule has 0 atom stereocenters. The first-order valence-electron chi connectivity index (χ1n) is 15.9. The van der Waals surface area contributed by atoms with Crippen molar-refractivity contribution in [2.45, 2.75) is 134 Å². The predicted molar refractivity (Wildman–Crippen MR) is 145 cm³/mol. The van der Waals surface area contributed by atoms with Crippen molar-refractivity contribution in [2.75, 3.05) is 46.9 Å². The Morgan fingerprint density at radius 2 is 0.784 bits per heavy atom. The highest BCUT2D eigenvalue weighted by atomic mass is 16.7. The van der Waals surface area contributed by atoms with Gasteiger partial charge in [-0.2, -0.15) is 0 Å². The van der Waals surface area contributed by atoms with E-state index in [0.717, 1.165) is 6.61 Å². The summed E-state index contributed by atoms with van der Waals surface area (Å²) in [5.74, 6) is 0. The maximum atomic E-state index is 6.44. The smallest absolute Gasteiger partial charge is 0.147 e. The number of rotatable bonds is 13. The van der Waals surface area contributed by atoms with Crippen molar-refractivity contribution < 1.29 is 23.7 Å². The van der Waals surface area contributed by atoms with Gasteiger partial charge in [0.1, 0.15) is 6.79 Å². The molecule has 9 aliphatic rings. The van der Waals surface area contributed by atoms with Crippen LogP contribution in [0.15, 0.2) is 0 Å². The molecule has 9 aliphatic carbocycles. The Labute approximate surface area is 226 Å². The molecule has 0 N–H and O–H groups in total. The fourth-order valence-electron chi connectivity index (χ4n) is 10.9. The van der Waals surface area contributed by atoms with Crippen LogP contribution < -0.4 is 0 Å². The highest BCUT2D eigenvalue weighted by Crippen LogP contribution is 2.76. The predicted octanol–water partition coefficient (Wildman–Crippen LogP) is 7.20. The molecule has 0 spiro atoms. The number of methoxy groups -OCH3 is 1. The quantitative estimate of drug-likeness (QED) is 0.190. The largest absolute Gasteiger partial charge is 0.379 e. The molecule has 0 radical (unpaired) electrons. The normalized spacial score (nSPS) is 46.5. The van der Waals surface area contributed by atoms with Crippen LogP contribution in [0.25, 0.3) is 0 Å². The lowest BCUT2D eigenvalue weighted by Crippen LogP contribution is -2.62. The van der Waals surface area contributed by atoms with Gasteiger partial charge in [0.05, 0.1) is 37.6 Å². The van der Waals surface area contributed by atoms with Gasteiger partial charge < -0.3 is 23.7 Å². The molecule has 9 saturated carbocycles. The van der Waals surface area contributed by atoms with E-state index in [-0.39, 0.29) is 11.2 Å². The van der Waals surface area contributed by atoms with Gasteiger partial charge >= 0.3 is 0 Å². The molecule has 0 aromatic heterocycles. The number of ether oxygens (including phenoxy) is 5. The third-order valence-corrected chi connectivity index (χ3v) is 13.7. The first-order valence-corrected chi connectivity index (χ1v) is 15.9. The van der Waals surface area contributed by atoms with Gasteiger partial charge in [-0.3, -0.25) is 0 Å². The molecule has 9 rings (SSSR count). The highest BCUT2D eigenvalue weighted by molar-refractivity contribution is 5.17. The zero-order valence-electron chi connectivity index (χ0n) is 24.0. The third kappa shape index (κ3) is 4.46. The van der Waals surface area contributed by atoms with E-state index < -0.39 is 0 Å². The average molecular weight is 519 g/mol. The van der Waals surface area contributed by atoms with Crippen LogP contribution in [0.5, 0.6) is 0 Å². The second kappa shape index (κ2) is 10.3. The minimum absolute atomic E-state index is 0.0817. The Hall–Kier alpha value is -0.200. The van der Waals surface area contributed by atoms with Crippen LogP contribution in [-0.4, -0.2) is 58.1 Å². The van der Waals surface area contributed by atoms with Crippen molar-refractivity contribution in [3.63, 3.8) is 0 Å². The molecule has 5 heteroatoms. The lowest BCUT2D eigenvalue weighted by molar-refractivity contribution is -0.243. The van der Waals surface area contributed by atoms with Gasteiger partial charge in [-0.1, -0.05) is 0 Å². The van der Waals surface area contributed by atoms with E-state index in [1.807, 2.05) is 14.0 Å². The zero-order valence-corrected chi connectivity index (χ0v) is 24.0. The maximum absolute atomic E-state index is 6.44. The highest BCUT2D eigenvalue weighted by Gasteiger charge is 2.67. The van der Waals surface area contributed by atoms with Gasteiger partial charge in [0.2, 0.25) is 0 Å². The molecule has 0 aromatic rings. The summed E-state index contributed by atoms with van der Waals surface area (Å²) in [7, 11) is 1.97. The number of hydrogen-bond acceptors (Lipinski definition) is 5. The van der Waals surface area contributed by atoms with E-state index in [4.69, 9.17) is 23.7 Å². The molecule has 212 valence electrons. The molecular formula is C32H54O5. The monoisotopic (exact) mass is 518 g/mol. The molecule has 0 saturated heterocycles. The van der Waals surface area contributed by atoms with Crippen LogP contribution in [0.3, 0.4) is 0 Å². The van der Waals surface area contributed by atoms with Crippen LogP contribution >= 0.6 is 0 Å². The Balaban J connectivity index is 0.985. The molecule has 9 fully saturated rings. The summed E-state index contributed by atoms with van der Waals surface area (Å²) in [6, 6.07) is 0. The minimum atomic E-state index is 0.0817. The Morgan fingerprint density at radius 3 is 1.19 bits per heavy atom. The van der Waals surface area contributed by atoms with Crippen molar-refractivity contribution in [3.8, 4) is 0 Å². The van der Waals surface area contributed by atoms with Crippen LogP contribution in [0.2, 0.25) is 0 Å². The topological polar surface area (TPSA) is 46.2 Å². The molecular weight excluding hydrogens is 464 g/mol. The standard InChI is InChI=1S/C32H54O5/c1-3-34-22-23-35-24-25-36-26-37-32-19-13-30(14-20-32,15-21-32)28-7-4-27(5-8-28,6-9-28)29-10-16-31(33-2,17-11-29)18-12-29/h3-26H2,1-2H3. The maximum Gasteiger partial charge on any atom is 0.147 e. The van der Waals surface area contributed by atoms with Gasteiger partial charge in [-0.25, -0.2) is 0 Å². The van der Waals surface area contributed by atoms with Crippen LogP contribution in [0, 0.1) is 21.7 Å². The zero-order chi connectivity index (χ0) is 25.5. The van der Waals surface area contributed by atoms with Crippen LogP contribution in [0.1, 0.15) is 122 Å². The first kappa shape index (κ1) is 27.0. The fourth-order valence-corrected chi connectivity index (χ4v) is 10.9. The lowest BCUT2D eigenvalue weighted by Gasteiger charge is -2.71. The molecule has 5 nitrogen and oxygen atoms in total. The van der Waals surface area contributed by atoms with Crippen molar-refractivity contribution in [2.24, 2.45) is 21.7 Å². The summed E-state index contributed by atoms with van der Waals surface area (Å²) in [5.41, 5.74) is 2.86. The Kier molecular flexibility index (Phi) is 7.53. The second-order valence-corrected chi connectivity index (χ2v) is 14.2. The van der Waals surface area contributed by atoms with Gasteiger partial charge in [0.25, 0.3) is 0 Å². The second-order valence-electron chi connectivity index (χ2n) is 14.2. The van der Waals surface area contributed by atoms with Gasteiger partial charge in [0.15, 0.2) is 0 Å². The van der Waals surface area contributed by atoms with Crippen LogP contribution in [0.4, 0.5) is 0 Å². The van der Waals surface area contributed by atoms with Crippen LogP contribution in [-0.2, 0) is 23.7 Å². The summed E-state index contributed by atoms with van der Waals surface area (Å²) < 4.78 is 29.1. The molecule has 0 unspecified atom stereocenters. The SMILES string of the molecule is CCOCCOCCOCOC12CCC(C34CCC(C56CCC(OC)(CC5)CC6)(CC3)CC4)(CC1)CC2. The third-order valence-electron chi connectivity index (χ3n) is 13.7.